The molecule has 1 saturated heterocycles. The molecule has 1 fully saturated rings. The van der Waals surface area contributed by atoms with Crippen LogP contribution in [0.25, 0.3) is 0 Å². The molecule has 0 aromatic heterocycles. The zero-order valence-corrected chi connectivity index (χ0v) is 15.3. The molecule has 3 rings (SSSR count). The van der Waals surface area contributed by atoms with Crippen LogP contribution in [0.5, 0.6) is 0 Å². The number of nitrogens with zero attached hydrogens (tertiary/aromatic N) is 2. The SMILES string of the molecule is CC(C)(C)N(C(=O)O)C1=NC2(c3cc(N)ccc3F)COCC2CS1. The van der Waals surface area contributed by atoms with Gasteiger partial charge in [0.2, 0.25) is 0 Å². The fourth-order valence-electron chi connectivity index (χ4n) is 3.30. The molecule has 2 atom stereocenters. The van der Waals surface area contributed by atoms with Gasteiger partial charge in [0, 0.05) is 28.5 Å². The molecule has 6 nitrogen and oxygen atoms in total. The van der Waals surface area contributed by atoms with E-state index in [4.69, 9.17) is 15.5 Å². The molecule has 1 amide bonds. The van der Waals surface area contributed by atoms with Gasteiger partial charge in [-0.25, -0.2) is 14.2 Å². The molecular formula is C17H22FN3O3S. The van der Waals surface area contributed by atoms with Crippen LogP contribution in [0.15, 0.2) is 23.2 Å². The maximum absolute atomic E-state index is 14.6. The average Bonchev–Trinajstić information content (AvgIpc) is 2.92. The molecule has 2 unspecified atom stereocenters. The minimum atomic E-state index is -1.08. The fourth-order valence-corrected chi connectivity index (χ4v) is 4.73. The van der Waals surface area contributed by atoms with Crippen molar-refractivity contribution in [2.75, 3.05) is 24.7 Å². The molecule has 2 aliphatic heterocycles. The molecule has 2 aliphatic rings. The van der Waals surface area contributed by atoms with Crippen molar-refractivity contribution in [1.82, 2.24) is 4.90 Å². The molecule has 0 radical (unpaired) electrons. The van der Waals surface area contributed by atoms with E-state index in [0.29, 0.717) is 28.8 Å². The number of hydrogen-bond donors (Lipinski definition) is 2. The number of amidine groups is 1. The third-order valence-electron chi connectivity index (χ3n) is 4.54. The second-order valence-electron chi connectivity index (χ2n) is 7.37. The van der Waals surface area contributed by atoms with E-state index in [-0.39, 0.29) is 12.5 Å². The first kappa shape index (κ1) is 18.0. The molecule has 8 heteroatoms. The smallest absolute Gasteiger partial charge is 0.413 e. The zero-order chi connectivity index (χ0) is 18.4. The van der Waals surface area contributed by atoms with E-state index < -0.39 is 23.0 Å². The first-order valence-corrected chi connectivity index (χ1v) is 9.03. The third-order valence-corrected chi connectivity index (χ3v) is 5.64. The van der Waals surface area contributed by atoms with Gasteiger partial charge in [0.05, 0.1) is 13.2 Å². The highest BCUT2D eigenvalue weighted by Gasteiger charge is 2.51. The lowest BCUT2D eigenvalue weighted by molar-refractivity contribution is 0.140. The van der Waals surface area contributed by atoms with Crippen LogP contribution in [0, 0.1) is 11.7 Å². The van der Waals surface area contributed by atoms with Gasteiger partial charge < -0.3 is 15.6 Å². The van der Waals surface area contributed by atoms with E-state index in [1.54, 1.807) is 26.8 Å². The van der Waals surface area contributed by atoms with Crippen LogP contribution in [0.4, 0.5) is 14.9 Å². The zero-order valence-electron chi connectivity index (χ0n) is 14.5. The molecule has 0 saturated carbocycles. The Balaban J connectivity index is 2.15. The molecule has 136 valence electrons. The fraction of sp³-hybridized carbons (Fsp3) is 0.529. The Kier molecular flexibility index (Phi) is 4.45. The Labute approximate surface area is 150 Å². The van der Waals surface area contributed by atoms with Crippen LogP contribution in [-0.2, 0) is 10.3 Å². The number of amides is 1. The predicted octanol–water partition coefficient (Wildman–Crippen LogP) is 3.13. The quantitative estimate of drug-likeness (QED) is 0.745. The summed E-state index contributed by atoms with van der Waals surface area (Å²) in [6.07, 6.45) is -1.08. The second-order valence-corrected chi connectivity index (χ2v) is 8.36. The molecule has 2 heterocycles. The highest BCUT2D eigenvalue weighted by Crippen LogP contribution is 2.47. The van der Waals surface area contributed by atoms with E-state index in [1.165, 1.54) is 28.8 Å². The Bertz CT molecular complexity index is 734. The highest BCUT2D eigenvalue weighted by molar-refractivity contribution is 8.13. The topological polar surface area (TPSA) is 88.2 Å². The van der Waals surface area contributed by atoms with Crippen LogP contribution in [0.1, 0.15) is 26.3 Å². The molecule has 0 aliphatic carbocycles. The summed E-state index contributed by atoms with van der Waals surface area (Å²) in [7, 11) is 0. The maximum atomic E-state index is 14.6. The number of fused-ring (bicyclic) bond motifs is 1. The molecular weight excluding hydrogens is 345 g/mol. The van der Waals surface area contributed by atoms with Crippen molar-refractivity contribution in [3.8, 4) is 0 Å². The van der Waals surface area contributed by atoms with Gasteiger partial charge in [-0.15, -0.1) is 0 Å². The molecule has 1 aromatic carbocycles. The second kappa shape index (κ2) is 6.17. The van der Waals surface area contributed by atoms with Gasteiger partial charge in [-0.1, -0.05) is 11.8 Å². The van der Waals surface area contributed by atoms with Crippen molar-refractivity contribution in [2.24, 2.45) is 10.9 Å². The van der Waals surface area contributed by atoms with Crippen molar-refractivity contribution in [3.63, 3.8) is 0 Å². The van der Waals surface area contributed by atoms with Gasteiger partial charge in [-0.05, 0) is 39.0 Å². The predicted molar refractivity (Wildman–Crippen MR) is 96.3 cm³/mol. The van der Waals surface area contributed by atoms with Crippen LogP contribution in [-0.4, -0.2) is 45.8 Å². The molecule has 3 N–H and O–H groups in total. The van der Waals surface area contributed by atoms with Gasteiger partial charge in [0.1, 0.15) is 11.4 Å². The number of thioether (sulfide) groups is 1. The Hall–Kier alpha value is -1.80. The average molecular weight is 367 g/mol. The first-order valence-electron chi connectivity index (χ1n) is 8.04. The van der Waals surface area contributed by atoms with Crippen molar-refractivity contribution < 1.29 is 19.0 Å². The summed E-state index contributed by atoms with van der Waals surface area (Å²) >= 11 is 1.37. The Morgan fingerprint density at radius 1 is 1.52 bits per heavy atom. The third kappa shape index (κ3) is 3.08. The van der Waals surface area contributed by atoms with Crippen LogP contribution in [0.3, 0.4) is 0 Å². The number of nitrogens with two attached hydrogens (primary N) is 1. The number of nitrogen functional groups attached to an aromatic ring is 1. The summed E-state index contributed by atoms with van der Waals surface area (Å²) in [5.74, 6) is 0.165. The van der Waals surface area contributed by atoms with Gasteiger partial charge in [0.15, 0.2) is 5.17 Å². The minimum absolute atomic E-state index is 0.0341. The summed E-state index contributed by atoms with van der Waals surface area (Å²) in [5.41, 5.74) is 5.06. The van der Waals surface area contributed by atoms with Crippen molar-refractivity contribution in [2.45, 2.75) is 31.8 Å². The van der Waals surface area contributed by atoms with E-state index >= 15 is 0 Å². The number of anilines is 1. The van der Waals surface area contributed by atoms with Crippen LogP contribution < -0.4 is 5.73 Å². The van der Waals surface area contributed by atoms with Gasteiger partial charge in [-0.3, -0.25) is 4.90 Å². The number of rotatable bonds is 1. The lowest BCUT2D eigenvalue weighted by atomic mass is 9.81. The number of carbonyl (C=O) groups is 1. The van der Waals surface area contributed by atoms with Crippen LogP contribution >= 0.6 is 11.8 Å². The van der Waals surface area contributed by atoms with E-state index in [1.807, 2.05) is 0 Å². The van der Waals surface area contributed by atoms with Crippen molar-refractivity contribution in [1.29, 1.82) is 0 Å². The minimum Gasteiger partial charge on any atom is -0.465 e. The maximum Gasteiger partial charge on any atom is 0.413 e. The molecule has 0 spiro atoms. The summed E-state index contributed by atoms with van der Waals surface area (Å²) in [6, 6.07) is 4.40. The molecule has 25 heavy (non-hydrogen) atoms. The molecule has 1 aromatic rings. The normalized spacial score (nSPS) is 26.1. The first-order chi connectivity index (χ1) is 11.6. The molecule has 0 bridgehead atoms. The Morgan fingerprint density at radius 3 is 2.88 bits per heavy atom. The number of hydrogen-bond acceptors (Lipinski definition) is 5. The lowest BCUT2D eigenvalue weighted by Crippen LogP contribution is -2.51. The number of halogens is 1. The number of carboxylic acid groups (broad SMARTS) is 1. The number of benzene rings is 1. The lowest BCUT2D eigenvalue weighted by Gasteiger charge is -2.40. The van der Waals surface area contributed by atoms with Crippen molar-refractivity contribution >= 4 is 28.7 Å². The summed E-state index contributed by atoms with van der Waals surface area (Å²) < 4.78 is 20.2. The largest absolute Gasteiger partial charge is 0.465 e. The Morgan fingerprint density at radius 2 is 2.24 bits per heavy atom. The van der Waals surface area contributed by atoms with Gasteiger partial charge in [-0.2, -0.15) is 0 Å². The number of ether oxygens (including phenoxy) is 1. The number of aliphatic imine (C=N–C) groups is 1. The summed E-state index contributed by atoms with van der Waals surface area (Å²) in [4.78, 5) is 17.8. The van der Waals surface area contributed by atoms with Crippen molar-refractivity contribution in [3.05, 3.63) is 29.6 Å². The van der Waals surface area contributed by atoms with Gasteiger partial charge in [0.25, 0.3) is 0 Å². The van der Waals surface area contributed by atoms with E-state index in [0.717, 1.165) is 0 Å². The summed E-state index contributed by atoms with van der Waals surface area (Å²) in [6.45, 7) is 6.07. The van der Waals surface area contributed by atoms with E-state index in [9.17, 15) is 14.3 Å². The standard InChI is InChI=1S/C17H22FN3O3S/c1-16(2,3)21(15(22)23)14-20-17(9-24-7-10(17)8-25-14)12-6-11(19)4-5-13(12)18/h4-6,10H,7-9,19H2,1-3H3,(H,22,23). The summed E-state index contributed by atoms with van der Waals surface area (Å²) in [5, 5.41) is 10.0. The monoisotopic (exact) mass is 367 g/mol. The highest BCUT2D eigenvalue weighted by atomic mass is 32.2. The van der Waals surface area contributed by atoms with Gasteiger partial charge >= 0.3 is 6.09 Å². The van der Waals surface area contributed by atoms with Crippen LogP contribution in [0.2, 0.25) is 0 Å². The van der Waals surface area contributed by atoms with E-state index in [2.05, 4.69) is 0 Å².